The third-order valence-corrected chi connectivity index (χ3v) is 6.48. The van der Waals surface area contributed by atoms with E-state index >= 15 is 0 Å². The lowest BCUT2D eigenvalue weighted by molar-refractivity contribution is -0.0146. The van der Waals surface area contributed by atoms with Crippen LogP contribution in [0.5, 0.6) is 5.75 Å². The first kappa shape index (κ1) is 21.6. The van der Waals surface area contributed by atoms with E-state index in [2.05, 4.69) is 48.2 Å². The van der Waals surface area contributed by atoms with Gasteiger partial charge in [-0.2, -0.15) is 0 Å². The molecule has 1 heterocycles. The lowest BCUT2D eigenvalue weighted by Crippen LogP contribution is -2.44. The van der Waals surface area contributed by atoms with Crippen LogP contribution in [0.25, 0.3) is 0 Å². The zero-order valence-corrected chi connectivity index (χ0v) is 18.4. The Bertz CT molecular complexity index is 894. The molecule has 0 unspecified atom stereocenters. The van der Waals surface area contributed by atoms with Gasteiger partial charge < -0.3 is 14.7 Å². The van der Waals surface area contributed by atoms with Gasteiger partial charge in [0, 0.05) is 6.54 Å². The maximum atomic E-state index is 12.0. The number of nitrogens with zero attached hydrogens (tertiary/aromatic N) is 1. The Labute approximate surface area is 186 Å². The predicted molar refractivity (Wildman–Crippen MR) is 126 cm³/mol. The molecule has 0 atom stereocenters. The van der Waals surface area contributed by atoms with Crippen LogP contribution in [-0.2, 0) is 5.60 Å². The van der Waals surface area contributed by atoms with Crippen molar-refractivity contribution in [2.45, 2.75) is 31.8 Å². The van der Waals surface area contributed by atoms with E-state index in [9.17, 15) is 5.11 Å². The smallest absolute Gasteiger partial charge is 0.119 e. The molecular formula is C28H33NO2. The van der Waals surface area contributed by atoms with Gasteiger partial charge in [-0.15, -0.1) is 0 Å². The lowest BCUT2D eigenvalue weighted by atomic mass is 9.72. The topological polar surface area (TPSA) is 32.7 Å². The maximum absolute atomic E-state index is 12.0. The fourth-order valence-corrected chi connectivity index (χ4v) is 4.78. The Morgan fingerprint density at radius 1 is 0.871 bits per heavy atom. The molecule has 0 bridgehead atoms. The van der Waals surface area contributed by atoms with Crippen molar-refractivity contribution in [2.24, 2.45) is 5.92 Å². The Balaban J connectivity index is 1.34. The second-order valence-electron chi connectivity index (χ2n) is 8.63. The van der Waals surface area contributed by atoms with Gasteiger partial charge >= 0.3 is 0 Å². The normalized spacial score (nSPS) is 15.7. The average molecular weight is 416 g/mol. The van der Waals surface area contributed by atoms with Crippen molar-refractivity contribution in [1.29, 1.82) is 0 Å². The minimum atomic E-state index is -0.942. The molecule has 1 N–H and O–H groups in total. The molecule has 0 aromatic heterocycles. The highest BCUT2D eigenvalue weighted by Gasteiger charge is 2.41. The number of aliphatic hydroxyl groups is 1. The number of ether oxygens (including phenoxy) is 1. The number of aryl methyl sites for hydroxylation is 1. The summed E-state index contributed by atoms with van der Waals surface area (Å²) in [5.74, 6) is 1.16. The molecule has 31 heavy (non-hydrogen) atoms. The number of piperidine rings is 1. The highest BCUT2D eigenvalue weighted by Crippen LogP contribution is 2.41. The number of hydrogen-bond donors (Lipinski definition) is 1. The van der Waals surface area contributed by atoms with Crippen molar-refractivity contribution in [3.8, 4) is 5.75 Å². The van der Waals surface area contributed by atoms with Crippen molar-refractivity contribution in [1.82, 2.24) is 4.90 Å². The largest absolute Gasteiger partial charge is 0.494 e. The summed E-state index contributed by atoms with van der Waals surface area (Å²) >= 11 is 0. The number of benzene rings is 3. The van der Waals surface area contributed by atoms with Crippen LogP contribution in [0.4, 0.5) is 0 Å². The number of rotatable bonds is 8. The Hall–Kier alpha value is -2.62. The Morgan fingerprint density at radius 2 is 1.48 bits per heavy atom. The van der Waals surface area contributed by atoms with Gasteiger partial charge in [-0.25, -0.2) is 0 Å². The maximum Gasteiger partial charge on any atom is 0.119 e. The highest BCUT2D eigenvalue weighted by molar-refractivity contribution is 5.37. The van der Waals surface area contributed by atoms with Crippen molar-refractivity contribution in [3.63, 3.8) is 0 Å². The standard InChI is InChI=1S/C28H33NO2/c1-23-10-8-15-27(22-23)31-21-9-18-29-19-16-26(17-20-29)28(30,24-11-4-2-5-12-24)25-13-6-3-7-14-25/h2-8,10-15,22,26,30H,9,16-21H2,1H3. The Morgan fingerprint density at radius 3 is 2.06 bits per heavy atom. The van der Waals surface area contributed by atoms with Crippen LogP contribution in [0.15, 0.2) is 84.9 Å². The molecule has 3 aromatic rings. The fourth-order valence-electron chi connectivity index (χ4n) is 4.78. The van der Waals surface area contributed by atoms with Crippen molar-refractivity contribution in [3.05, 3.63) is 102 Å². The summed E-state index contributed by atoms with van der Waals surface area (Å²) in [6.45, 7) is 5.88. The average Bonchev–Trinajstić information content (AvgIpc) is 2.83. The molecule has 1 aliphatic heterocycles. The van der Waals surface area contributed by atoms with Crippen molar-refractivity contribution in [2.75, 3.05) is 26.2 Å². The van der Waals surface area contributed by atoms with E-state index in [0.717, 1.165) is 62.4 Å². The van der Waals surface area contributed by atoms with E-state index in [1.807, 2.05) is 48.5 Å². The van der Waals surface area contributed by atoms with E-state index in [-0.39, 0.29) is 5.92 Å². The number of hydrogen-bond acceptors (Lipinski definition) is 3. The monoisotopic (exact) mass is 415 g/mol. The molecule has 3 aromatic carbocycles. The first-order valence-electron chi connectivity index (χ1n) is 11.4. The van der Waals surface area contributed by atoms with E-state index in [1.54, 1.807) is 0 Å². The van der Waals surface area contributed by atoms with Crippen LogP contribution in [0.2, 0.25) is 0 Å². The fraction of sp³-hybridized carbons (Fsp3) is 0.357. The molecule has 0 aliphatic carbocycles. The highest BCUT2D eigenvalue weighted by atomic mass is 16.5. The number of likely N-dealkylation sites (tertiary alicyclic amines) is 1. The van der Waals surface area contributed by atoms with Gasteiger partial charge in [-0.05, 0) is 74.0 Å². The molecule has 1 aliphatic rings. The van der Waals surface area contributed by atoms with E-state index in [4.69, 9.17) is 4.74 Å². The van der Waals surface area contributed by atoms with Crippen LogP contribution < -0.4 is 4.74 Å². The minimum Gasteiger partial charge on any atom is -0.494 e. The van der Waals surface area contributed by atoms with Crippen LogP contribution in [0.1, 0.15) is 36.0 Å². The van der Waals surface area contributed by atoms with Gasteiger partial charge in [-0.3, -0.25) is 0 Å². The molecule has 0 radical (unpaired) electrons. The molecule has 3 nitrogen and oxygen atoms in total. The van der Waals surface area contributed by atoms with Gasteiger partial charge in [-0.1, -0.05) is 72.8 Å². The molecule has 4 rings (SSSR count). The van der Waals surface area contributed by atoms with Gasteiger partial charge in [0.15, 0.2) is 0 Å². The quantitative estimate of drug-likeness (QED) is 0.499. The van der Waals surface area contributed by atoms with Gasteiger partial charge in [0.05, 0.1) is 6.61 Å². The predicted octanol–water partition coefficient (Wildman–Crippen LogP) is 5.41. The third kappa shape index (κ3) is 5.17. The SMILES string of the molecule is Cc1cccc(OCCCN2CCC(C(O)(c3ccccc3)c3ccccc3)CC2)c1. The van der Waals surface area contributed by atoms with Gasteiger partial charge in [0.1, 0.15) is 11.4 Å². The second kappa shape index (κ2) is 10.1. The second-order valence-corrected chi connectivity index (χ2v) is 8.63. The summed E-state index contributed by atoms with van der Waals surface area (Å²) < 4.78 is 5.90. The van der Waals surface area contributed by atoms with Gasteiger partial charge in [0.25, 0.3) is 0 Å². The summed E-state index contributed by atoms with van der Waals surface area (Å²) in [7, 11) is 0. The Kier molecular flexibility index (Phi) is 7.06. The van der Waals surface area contributed by atoms with Crippen LogP contribution >= 0.6 is 0 Å². The minimum absolute atomic E-state index is 0.206. The van der Waals surface area contributed by atoms with E-state index in [1.165, 1.54) is 5.56 Å². The van der Waals surface area contributed by atoms with Crippen LogP contribution in [-0.4, -0.2) is 36.2 Å². The van der Waals surface area contributed by atoms with Crippen LogP contribution in [0, 0.1) is 12.8 Å². The summed E-state index contributed by atoms with van der Waals surface area (Å²) in [6.07, 6.45) is 2.98. The molecular weight excluding hydrogens is 382 g/mol. The summed E-state index contributed by atoms with van der Waals surface area (Å²) in [6, 6.07) is 28.6. The van der Waals surface area contributed by atoms with E-state index in [0.29, 0.717) is 0 Å². The zero-order chi connectivity index (χ0) is 21.5. The first-order valence-corrected chi connectivity index (χ1v) is 11.4. The summed E-state index contributed by atoms with van der Waals surface area (Å²) in [5.41, 5.74) is 2.27. The molecule has 0 spiro atoms. The van der Waals surface area contributed by atoms with E-state index < -0.39 is 5.60 Å². The zero-order valence-electron chi connectivity index (χ0n) is 18.4. The first-order chi connectivity index (χ1) is 15.2. The molecule has 1 fully saturated rings. The summed E-state index contributed by atoms with van der Waals surface area (Å²) in [4.78, 5) is 2.51. The van der Waals surface area contributed by atoms with Crippen molar-refractivity contribution < 1.29 is 9.84 Å². The molecule has 3 heteroatoms. The van der Waals surface area contributed by atoms with Gasteiger partial charge in [0.2, 0.25) is 0 Å². The lowest BCUT2D eigenvalue weighted by Gasteiger charge is -2.42. The third-order valence-electron chi connectivity index (χ3n) is 6.48. The molecule has 1 saturated heterocycles. The van der Waals surface area contributed by atoms with Crippen LogP contribution in [0.3, 0.4) is 0 Å². The van der Waals surface area contributed by atoms with Crippen molar-refractivity contribution >= 4 is 0 Å². The summed E-state index contributed by atoms with van der Waals surface area (Å²) in [5, 5.41) is 12.0. The molecule has 0 amide bonds. The molecule has 0 saturated carbocycles. The molecule has 162 valence electrons.